The van der Waals surface area contributed by atoms with Gasteiger partial charge in [0.25, 0.3) is 0 Å². The molecule has 2 heterocycles. The number of Topliss-reactive ketones (excluding diaryl/α,β-unsaturated/α-hetero) is 2. The Kier molecular flexibility index (Phi) is 6.49. The molecule has 12 heteroatoms. The van der Waals surface area contributed by atoms with Gasteiger partial charge < -0.3 is 29.3 Å². The molecule has 0 amide bonds. The maximum absolute atomic E-state index is 13.4. The standard InChI is InChI=1S/C26H16O10.CO2/c1-9(27)11-3-14-24(33)13-5-17(30)19(32)7-21(13)36-26(14)22(10(2)28)23(11)15-8-35-20-6-18(31)16(29)4-12(20)25(15)34;2-1-3/h3-8,29-32H,1-2H3;. The van der Waals surface area contributed by atoms with Crippen LogP contribution in [0.25, 0.3) is 44.0 Å². The van der Waals surface area contributed by atoms with Gasteiger partial charge in [-0.1, -0.05) is 0 Å². The average Bonchev–Trinajstić information content (AvgIpc) is 2.86. The van der Waals surface area contributed by atoms with Crippen molar-refractivity contribution in [1.82, 2.24) is 0 Å². The molecule has 0 bridgehead atoms. The number of carbonyl (C=O) groups is 2. The van der Waals surface area contributed by atoms with Gasteiger partial charge in [-0.3, -0.25) is 19.2 Å². The summed E-state index contributed by atoms with van der Waals surface area (Å²) in [4.78, 5) is 68.5. The topological polar surface area (TPSA) is 210 Å². The number of phenolic OH excluding ortho intramolecular Hbond substituents is 4. The van der Waals surface area contributed by atoms with Gasteiger partial charge >= 0.3 is 6.15 Å². The van der Waals surface area contributed by atoms with Crippen LogP contribution in [0.5, 0.6) is 23.0 Å². The zero-order valence-corrected chi connectivity index (χ0v) is 20.0. The number of hydrogen-bond acceptors (Lipinski definition) is 12. The first-order valence-corrected chi connectivity index (χ1v) is 10.9. The maximum Gasteiger partial charge on any atom is 0.373 e. The number of rotatable bonds is 3. The van der Waals surface area contributed by atoms with E-state index >= 15 is 0 Å². The second kappa shape index (κ2) is 9.61. The van der Waals surface area contributed by atoms with Crippen molar-refractivity contribution >= 4 is 50.6 Å². The molecule has 0 fully saturated rings. The Bertz CT molecular complexity index is 2020. The highest BCUT2D eigenvalue weighted by atomic mass is 16.3. The second-order valence-corrected chi connectivity index (χ2v) is 8.33. The lowest BCUT2D eigenvalue weighted by Crippen LogP contribution is -2.14. The number of carbonyl (C=O) groups excluding carboxylic acids is 4. The Morgan fingerprint density at radius 2 is 1.23 bits per heavy atom. The van der Waals surface area contributed by atoms with E-state index in [1.165, 1.54) is 13.0 Å². The fraction of sp³-hybridized carbons (Fsp3) is 0.0741. The first-order chi connectivity index (χ1) is 18.4. The number of aromatic hydroxyl groups is 4. The van der Waals surface area contributed by atoms with Crippen molar-refractivity contribution in [2.75, 3.05) is 0 Å². The molecule has 0 atom stereocenters. The Labute approximate surface area is 215 Å². The summed E-state index contributed by atoms with van der Waals surface area (Å²) in [5, 5.41) is 38.9. The molecule has 0 aliphatic rings. The maximum atomic E-state index is 13.4. The highest BCUT2D eigenvalue weighted by molar-refractivity contribution is 6.17. The second-order valence-electron chi connectivity index (χ2n) is 8.33. The van der Waals surface area contributed by atoms with Crippen LogP contribution in [0, 0.1) is 0 Å². The fourth-order valence-electron chi connectivity index (χ4n) is 4.23. The largest absolute Gasteiger partial charge is 0.504 e. The Morgan fingerprint density at radius 3 is 1.77 bits per heavy atom. The van der Waals surface area contributed by atoms with Crippen LogP contribution in [0.4, 0.5) is 0 Å². The molecule has 0 saturated heterocycles. The van der Waals surface area contributed by atoms with Crippen LogP contribution in [0.15, 0.2) is 55.0 Å². The highest BCUT2D eigenvalue weighted by Gasteiger charge is 2.27. The first-order valence-electron chi connectivity index (χ1n) is 10.9. The lowest BCUT2D eigenvalue weighted by Gasteiger charge is -2.15. The summed E-state index contributed by atoms with van der Waals surface area (Å²) in [6, 6.07) is 5.23. The molecule has 4 N–H and O–H groups in total. The molecule has 0 aliphatic carbocycles. The summed E-state index contributed by atoms with van der Waals surface area (Å²) in [6.45, 7) is 2.35. The number of phenols is 4. The summed E-state index contributed by atoms with van der Waals surface area (Å²) >= 11 is 0. The molecule has 3 aromatic carbocycles. The fourth-order valence-corrected chi connectivity index (χ4v) is 4.23. The van der Waals surface area contributed by atoms with Gasteiger partial charge in [-0.25, -0.2) is 0 Å². The number of fused-ring (bicyclic) bond motifs is 3. The number of hydrogen-bond donors (Lipinski definition) is 4. The van der Waals surface area contributed by atoms with E-state index in [0.29, 0.717) is 0 Å². The normalized spacial score (nSPS) is 10.7. The molecule has 5 aromatic rings. The number of benzene rings is 3. The molecule has 0 spiro atoms. The van der Waals surface area contributed by atoms with Crippen LogP contribution in [-0.2, 0) is 9.59 Å². The van der Waals surface area contributed by atoms with Crippen molar-refractivity contribution in [1.29, 1.82) is 0 Å². The Hall–Kier alpha value is -5.74. The van der Waals surface area contributed by atoms with Gasteiger partial charge in [0.15, 0.2) is 34.6 Å². The van der Waals surface area contributed by atoms with E-state index in [4.69, 9.17) is 18.4 Å². The zero-order chi connectivity index (χ0) is 28.8. The summed E-state index contributed by atoms with van der Waals surface area (Å²) < 4.78 is 11.3. The molecule has 12 nitrogen and oxygen atoms in total. The quantitative estimate of drug-likeness (QED) is 0.150. The van der Waals surface area contributed by atoms with Crippen LogP contribution in [0.3, 0.4) is 0 Å². The SMILES string of the molecule is CC(=O)c1cc2c(=O)c3cc(O)c(O)cc3oc2c(C(C)=O)c1-c1coc2cc(O)c(O)cc2c1=O.O=C=O. The van der Waals surface area contributed by atoms with Crippen molar-refractivity contribution in [2.24, 2.45) is 0 Å². The van der Waals surface area contributed by atoms with Crippen LogP contribution in [0.1, 0.15) is 34.6 Å². The molecule has 2 aromatic heterocycles. The van der Waals surface area contributed by atoms with Crippen molar-refractivity contribution in [3.8, 4) is 34.1 Å². The smallest absolute Gasteiger partial charge is 0.373 e. The monoisotopic (exact) mass is 532 g/mol. The predicted octanol–water partition coefficient (Wildman–Crippen LogP) is 3.36. The summed E-state index contributed by atoms with van der Waals surface area (Å²) in [5.41, 5.74) is -2.59. The van der Waals surface area contributed by atoms with Crippen LogP contribution < -0.4 is 10.9 Å². The third-order valence-electron chi connectivity index (χ3n) is 5.93. The van der Waals surface area contributed by atoms with E-state index in [1.807, 2.05) is 0 Å². The van der Waals surface area contributed by atoms with Gasteiger partial charge in [0.1, 0.15) is 23.0 Å². The van der Waals surface area contributed by atoms with E-state index in [1.54, 1.807) is 0 Å². The van der Waals surface area contributed by atoms with Crippen molar-refractivity contribution < 1.29 is 48.4 Å². The minimum atomic E-state index is -0.721. The highest BCUT2D eigenvalue weighted by Crippen LogP contribution is 2.37. The molecule has 0 radical (unpaired) electrons. The molecule has 0 aliphatic heterocycles. The molecule has 5 rings (SSSR count). The Morgan fingerprint density at radius 1 is 0.718 bits per heavy atom. The molecule has 0 unspecified atom stereocenters. The van der Waals surface area contributed by atoms with Crippen molar-refractivity contribution in [3.63, 3.8) is 0 Å². The predicted molar refractivity (Wildman–Crippen MR) is 133 cm³/mol. The molecule has 0 saturated carbocycles. The van der Waals surface area contributed by atoms with Crippen LogP contribution in [0.2, 0.25) is 0 Å². The van der Waals surface area contributed by atoms with Gasteiger partial charge in [0.05, 0.1) is 27.3 Å². The molecule has 196 valence electrons. The minimum Gasteiger partial charge on any atom is -0.504 e. The van der Waals surface area contributed by atoms with E-state index in [9.17, 15) is 39.6 Å². The average molecular weight is 532 g/mol. The lowest BCUT2D eigenvalue weighted by molar-refractivity contribution is -0.191. The van der Waals surface area contributed by atoms with Gasteiger partial charge in [0.2, 0.25) is 10.9 Å². The third kappa shape index (κ3) is 4.26. The first kappa shape index (κ1) is 26.3. The van der Waals surface area contributed by atoms with Gasteiger partial charge in [-0.2, -0.15) is 9.59 Å². The molecular weight excluding hydrogens is 516 g/mol. The number of ketones is 2. The Balaban J connectivity index is 0.00000112. The molecule has 39 heavy (non-hydrogen) atoms. The van der Waals surface area contributed by atoms with Crippen LogP contribution >= 0.6 is 0 Å². The van der Waals surface area contributed by atoms with Gasteiger partial charge in [-0.15, -0.1) is 0 Å². The summed E-state index contributed by atoms with van der Waals surface area (Å²) in [6.07, 6.45) is 1.25. The third-order valence-corrected chi connectivity index (χ3v) is 5.93. The van der Waals surface area contributed by atoms with E-state index in [-0.39, 0.29) is 61.3 Å². The van der Waals surface area contributed by atoms with Crippen LogP contribution in [-0.4, -0.2) is 38.1 Å². The van der Waals surface area contributed by atoms with Gasteiger partial charge in [-0.05, 0) is 32.0 Å². The van der Waals surface area contributed by atoms with Crippen molar-refractivity contribution in [3.05, 3.63) is 68.2 Å². The summed E-state index contributed by atoms with van der Waals surface area (Å²) in [7, 11) is 0. The lowest BCUT2D eigenvalue weighted by atomic mass is 9.88. The van der Waals surface area contributed by atoms with Crippen molar-refractivity contribution in [2.45, 2.75) is 13.8 Å². The summed E-state index contributed by atoms with van der Waals surface area (Å²) in [5.74, 6) is -3.43. The van der Waals surface area contributed by atoms with E-state index < -0.39 is 45.4 Å². The van der Waals surface area contributed by atoms with Gasteiger partial charge in [0, 0.05) is 23.3 Å². The van der Waals surface area contributed by atoms with E-state index in [0.717, 1.165) is 37.5 Å². The van der Waals surface area contributed by atoms with E-state index in [2.05, 4.69) is 0 Å². The minimum absolute atomic E-state index is 0.0543. The molecular formula is C27H16O12. The zero-order valence-electron chi connectivity index (χ0n) is 20.0.